The van der Waals surface area contributed by atoms with Crippen LogP contribution >= 0.6 is 0 Å². The van der Waals surface area contributed by atoms with Crippen molar-refractivity contribution in [2.45, 2.75) is 94.4 Å². The lowest BCUT2D eigenvalue weighted by Gasteiger charge is -2.40. The van der Waals surface area contributed by atoms with E-state index in [1.165, 1.54) is 90.3 Å². The molecule has 1 spiro atoms. The Morgan fingerprint density at radius 1 is 0.952 bits per heavy atom. The Kier molecular flexibility index (Phi) is 4.25. The van der Waals surface area contributed by atoms with Gasteiger partial charge in [-0.15, -0.1) is 0 Å². The van der Waals surface area contributed by atoms with E-state index < -0.39 is 0 Å². The van der Waals surface area contributed by atoms with Crippen LogP contribution in [0.2, 0.25) is 0 Å². The van der Waals surface area contributed by atoms with Crippen LogP contribution in [0.3, 0.4) is 0 Å². The lowest BCUT2D eigenvalue weighted by atomic mass is 9.94. The molecule has 1 N–H and O–H groups in total. The smallest absolute Gasteiger partial charge is 0.0710 e. The van der Waals surface area contributed by atoms with E-state index in [1.807, 2.05) is 0 Å². The van der Waals surface area contributed by atoms with E-state index in [-0.39, 0.29) is 0 Å². The van der Waals surface area contributed by atoms with Gasteiger partial charge in [0.2, 0.25) is 0 Å². The molecule has 3 saturated heterocycles. The highest BCUT2D eigenvalue weighted by Crippen LogP contribution is 2.43. The fourth-order valence-electron chi connectivity index (χ4n) is 5.41. The molecule has 120 valence electrons. The first-order valence-corrected chi connectivity index (χ1v) is 9.50. The van der Waals surface area contributed by atoms with Gasteiger partial charge in [-0.3, -0.25) is 4.90 Å². The van der Waals surface area contributed by atoms with Crippen LogP contribution in [0, 0.1) is 0 Å². The number of hydrogen-bond donors (Lipinski definition) is 1. The molecule has 1 aliphatic carbocycles. The van der Waals surface area contributed by atoms with E-state index in [1.54, 1.807) is 0 Å². The number of rotatable bonds is 3. The van der Waals surface area contributed by atoms with Crippen molar-refractivity contribution in [1.29, 1.82) is 0 Å². The molecule has 3 atom stereocenters. The Morgan fingerprint density at radius 2 is 1.86 bits per heavy atom. The molecular weight excluding hydrogens is 260 g/mol. The highest BCUT2D eigenvalue weighted by Gasteiger charge is 2.43. The minimum atomic E-state index is 0.307. The summed E-state index contributed by atoms with van der Waals surface area (Å²) >= 11 is 0. The molecule has 21 heavy (non-hydrogen) atoms. The fourth-order valence-corrected chi connectivity index (χ4v) is 5.41. The van der Waals surface area contributed by atoms with Gasteiger partial charge in [0.05, 0.1) is 11.7 Å². The van der Waals surface area contributed by atoms with Gasteiger partial charge in [0.25, 0.3) is 0 Å². The first-order chi connectivity index (χ1) is 10.3. The van der Waals surface area contributed by atoms with Gasteiger partial charge in [0.15, 0.2) is 0 Å². The Balaban J connectivity index is 1.36. The van der Waals surface area contributed by atoms with Crippen molar-refractivity contribution in [3.05, 3.63) is 0 Å². The largest absolute Gasteiger partial charge is 0.370 e. The van der Waals surface area contributed by atoms with Crippen LogP contribution in [-0.2, 0) is 4.74 Å². The Morgan fingerprint density at radius 3 is 2.67 bits per heavy atom. The van der Waals surface area contributed by atoms with Crippen LogP contribution in [-0.4, -0.2) is 48.3 Å². The number of likely N-dealkylation sites (tertiary alicyclic amines) is 1. The van der Waals surface area contributed by atoms with Gasteiger partial charge in [-0.2, -0.15) is 0 Å². The van der Waals surface area contributed by atoms with Crippen molar-refractivity contribution in [1.82, 2.24) is 10.2 Å². The van der Waals surface area contributed by atoms with E-state index in [0.717, 1.165) is 12.1 Å². The van der Waals surface area contributed by atoms with Crippen LogP contribution in [0.1, 0.15) is 70.6 Å². The van der Waals surface area contributed by atoms with Crippen molar-refractivity contribution in [2.75, 3.05) is 19.6 Å². The van der Waals surface area contributed by atoms with Crippen LogP contribution in [0.15, 0.2) is 0 Å². The van der Waals surface area contributed by atoms with E-state index in [2.05, 4.69) is 10.2 Å². The van der Waals surface area contributed by atoms with Gasteiger partial charge >= 0.3 is 0 Å². The Bertz CT molecular complexity index is 347. The monoisotopic (exact) mass is 292 g/mol. The normalized spacial score (nSPS) is 40.3. The number of piperidine rings is 1. The molecule has 0 radical (unpaired) electrons. The maximum atomic E-state index is 6.56. The molecule has 3 aliphatic heterocycles. The number of hydrogen-bond acceptors (Lipinski definition) is 3. The lowest BCUT2D eigenvalue weighted by Crippen LogP contribution is -2.52. The zero-order chi connectivity index (χ0) is 14.1. The second kappa shape index (κ2) is 6.17. The molecule has 4 fully saturated rings. The molecule has 3 heteroatoms. The quantitative estimate of drug-likeness (QED) is 0.865. The molecule has 0 bridgehead atoms. The fraction of sp³-hybridized carbons (Fsp3) is 1.00. The first-order valence-electron chi connectivity index (χ1n) is 9.50. The molecule has 0 aromatic carbocycles. The molecule has 0 amide bonds. The number of nitrogens with zero attached hydrogens (tertiary/aromatic N) is 1. The van der Waals surface area contributed by atoms with Crippen molar-refractivity contribution in [3.63, 3.8) is 0 Å². The second-order valence-corrected chi connectivity index (χ2v) is 7.93. The summed E-state index contributed by atoms with van der Waals surface area (Å²) in [7, 11) is 0. The molecule has 3 unspecified atom stereocenters. The minimum absolute atomic E-state index is 0.307. The zero-order valence-corrected chi connectivity index (χ0v) is 13.5. The van der Waals surface area contributed by atoms with Crippen molar-refractivity contribution < 1.29 is 4.74 Å². The van der Waals surface area contributed by atoms with Crippen LogP contribution in [0.4, 0.5) is 0 Å². The third kappa shape index (κ3) is 3.02. The van der Waals surface area contributed by atoms with Gasteiger partial charge in [0, 0.05) is 18.6 Å². The summed E-state index contributed by atoms with van der Waals surface area (Å²) in [6.07, 6.45) is 15.6. The molecule has 0 aromatic rings. The van der Waals surface area contributed by atoms with Gasteiger partial charge in [-0.05, 0) is 64.5 Å². The van der Waals surface area contributed by atoms with Crippen molar-refractivity contribution in [3.8, 4) is 0 Å². The van der Waals surface area contributed by atoms with Crippen LogP contribution in [0.25, 0.3) is 0 Å². The molecular formula is C18H32N2O. The van der Waals surface area contributed by atoms with Crippen LogP contribution in [0.5, 0.6) is 0 Å². The van der Waals surface area contributed by atoms with Gasteiger partial charge < -0.3 is 10.1 Å². The van der Waals surface area contributed by atoms with E-state index in [4.69, 9.17) is 4.74 Å². The lowest BCUT2D eigenvalue weighted by molar-refractivity contribution is -0.0557. The topological polar surface area (TPSA) is 24.5 Å². The summed E-state index contributed by atoms with van der Waals surface area (Å²) in [5.74, 6) is 0. The highest BCUT2D eigenvalue weighted by atomic mass is 16.5. The zero-order valence-electron chi connectivity index (χ0n) is 13.5. The number of ether oxygens (including phenoxy) is 1. The average molecular weight is 292 g/mol. The second-order valence-electron chi connectivity index (χ2n) is 7.93. The maximum absolute atomic E-state index is 6.56. The molecule has 3 nitrogen and oxygen atoms in total. The van der Waals surface area contributed by atoms with Gasteiger partial charge in [-0.25, -0.2) is 0 Å². The molecule has 1 saturated carbocycles. The predicted molar refractivity (Wildman–Crippen MR) is 85.5 cm³/mol. The molecule has 3 heterocycles. The SMILES string of the molecule is C1CNC(C2CCCCN2CC2CCC3(CCCC3)O2)C1. The van der Waals surface area contributed by atoms with E-state index in [9.17, 15) is 0 Å². The summed E-state index contributed by atoms with van der Waals surface area (Å²) in [6, 6.07) is 1.54. The standard InChI is InChI=1S/C18H32N2O/c1-4-13-20(17(7-1)16-6-5-12-19-16)14-15-8-11-18(21-15)9-2-3-10-18/h15-17,19H,1-14H2. The summed E-state index contributed by atoms with van der Waals surface area (Å²) < 4.78 is 6.56. The summed E-state index contributed by atoms with van der Waals surface area (Å²) in [5, 5.41) is 3.75. The summed E-state index contributed by atoms with van der Waals surface area (Å²) in [5.41, 5.74) is 0.307. The summed E-state index contributed by atoms with van der Waals surface area (Å²) in [4.78, 5) is 2.78. The predicted octanol–water partition coefficient (Wildman–Crippen LogP) is 3.08. The Labute approximate surface area is 129 Å². The number of nitrogens with one attached hydrogen (secondary N) is 1. The molecule has 4 aliphatic rings. The van der Waals surface area contributed by atoms with Crippen molar-refractivity contribution in [2.24, 2.45) is 0 Å². The van der Waals surface area contributed by atoms with Crippen molar-refractivity contribution >= 4 is 0 Å². The minimum Gasteiger partial charge on any atom is -0.370 e. The molecule has 0 aromatic heterocycles. The van der Waals surface area contributed by atoms with E-state index >= 15 is 0 Å². The Hall–Kier alpha value is -0.120. The van der Waals surface area contributed by atoms with Gasteiger partial charge in [0.1, 0.15) is 0 Å². The van der Waals surface area contributed by atoms with E-state index in [0.29, 0.717) is 11.7 Å². The third-order valence-electron chi connectivity index (χ3n) is 6.52. The molecule has 4 rings (SSSR count). The average Bonchev–Trinajstić information content (AvgIpc) is 3.24. The maximum Gasteiger partial charge on any atom is 0.0710 e. The third-order valence-corrected chi connectivity index (χ3v) is 6.52. The summed E-state index contributed by atoms with van der Waals surface area (Å²) in [6.45, 7) is 3.73. The highest BCUT2D eigenvalue weighted by molar-refractivity contribution is 4.96. The van der Waals surface area contributed by atoms with Crippen LogP contribution < -0.4 is 5.32 Å². The first kappa shape index (κ1) is 14.5. The van der Waals surface area contributed by atoms with Gasteiger partial charge in [-0.1, -0.05) is 19.3 Å².